The minimum Gasteiger partial charge on any atom is -0.347 e. The van der Waals surface area contributed by atoms with Crippen LogP contribution in [0.4, 0.5) is 4.79 Å². The molecule has 3 aliphatic carbocycles. The normalized spacial score (nSPS) is 25.4. The molecule has 0 aromatic heterocycles. The van der Waals surface area contributed by atoms with Crippen molar-refractivity contribution in [2.45, 2.75) is 148 Å². The summed E-state index contributed by atoms with van der Waals surface area (Å²) in [6.07, 6.45) is 8.02. The fraction of sp³-hybridized carbons (Fsp3) is 0.857. The van der Waals surface area contributed by atoms with Gasteiger partial charge in [-0.2, -0.15) is 0 Å². The van der Waals surface area contributed by atoms with Crippen molar-refractivity contribution in [3.05, 3.63) is 0 Å². The van der Waals surface area contributed by atoms with Crippen LogP contribution in [0, 0.1) is 22.7 Å². The average molecular weight is 709 g/mol. The smallest absolute Gasteiger partial charge is 0.315 e. The molecule has 5 N–H and O–H groups in total. The number of carbonyl (C=O) groups is 5. The molecule has 4 aliphatic rings. The van der Waals surface area contributed by atoms with Gasteiger partial charge >= 0.3 is 6.03 Å². The molecule has 4 fully saturated rings. The van der Waals surface area contributed by atoms with Crippen LogP contribution in [0.3, 0.4) is 0 Å². The molecule has 14 heteroatoms. The number of piperidine rings is 1. The van der Waals surface area contributed by atoms with Crippen molar-refractivity contribution in [1.82, 2.24) is 30.9 Å². The van der Waals surface area contributed by atoms with Gasteiger partial charge in [-0.3, -0.25) is 19.2 Å². The number of nitrogens with one attached hydrogen (secondary N) is 5. The summed E-state index contributed by atoms with van der Waals surface area (Å²) in [5.74, 6) is -2.54. The van der Waals surface area contributed by atoms with Crippen molar-refractivity contribution in [1.29, 1.82) is 0 Å². The molecule has 0 unspecified atom stereocenters. The number of carbonyl (C=O) groups excluding carboxylic acids is 5. The van der Waals surface area contributed by atoms with Gasteiger partial charge in [-0.15, -0.1) is 0 Å². The van der Waals surface area contributed by atoms with Crippen molar-refractivity contribution in [3.63, 3.8) is 0 Å². The summed E-state index contributed by atoms with van der Waals surface area (Å²) in [4.78, 5) is 70.2. The third kappa shape index (κ3) is 8.77. The van der Waals surface area contributed by atoms with Crippen LogP contribution in [0.15, 0.2) is 0 Å². The van der Waals surface area contributed by atoms with Gasteiger partial charge in [0.05, 0.1) is 17.3 Å². The number of nitrogens with zero attached hydrogens (tertiary/aromatic N) is 1. The van der Waals surface area contributed by atoms with Gasteiger partial charge in [0.25, 0.3) is 5.91 Å². The molecule has 0 bridgehead atoms. The summed E-state index contributed by atoms with van der Waals surface area (Å²) < 4.78 is 27.6. The van der Waals surface area contributed by atoms with Crippen LogP contribution >= 0.6 is 0 Å². The molecule has 0 aromatic rings. The second-order valence-electron chi connectivity index (χ2n) is 15.9. The molecule has 4 rings (SSSR count). The number of fused-ring (bicyclic) bond motifs is 1. The van der Waals surface area contributed by atoms with Crippen molar-refractivity contribution in [2.24, 2.45) is 22.7 Å². The monoisotopic (exact) mass is 708 g/mol. The molecule has 278 valence electrons. The van der Waals surface area contributed by atoms with E-state index in [2.05, 4.69) is 39.8 Å². The Balaban J connectivity index is 1.58. The molecule has 0 spiro atoms. The minimum absolute atomic E-state index is 0.00345. The molecular formula is C35H60N6O7S. The third-order valence-electron chi connectivity index (χ3n) is 12.2. The predicted molar refractivity (Wildman–Crippen MR) is 187 cm³/mol. The highest BCUT2D eigenvalue weighted by molar-refractivity contribution is 7.89. The van der Waals surface area contributed by atoms with E-state index in [1.165, 1.54) is 7.05 Å². The van der Waals surface area contributed by atoms with E-state index in [9.17, 15) is 32.4 Å². The SMILES string of the molecule is CCCC[C@H](NC(=O)[C@@H]1[C@@H]2[C@H](CN1C(=O)[C@@H](NC(=O)NC1(CS(=O)(=O)NC)CCCCC1)C(C)(CC)CC)C2(C)C)C(=O)C(=O)NC1CC1. The maximum Gasteiger partial charge on any atom is 0.315 e. The number of ketones is 1. The van der Waals surface area contributed by atoms with E-state index in [4.69, 9.17) is 0 Å². The number of likely N-dealkylation sites (tertiary alicyclic amines) is 1. The zero-order valence-electron chi connectivity index (χ0n) is 30.6. The van der Waals surface area contributed by atoms with Gasteiger partial charge in [0.2, 0.25) is 27.6 Å². The fourth-order valence-electron chi connectivity index (χ4n) is 8.13. The van der Waals surface area contributed by atoms with Gasteiger partial charge in [0, 0.05) is 12.6 Å². The van der Waals surface area contributed by atoms with E-state index < -0.39 is 62.7 Å². The molecule has 13 nitrogen and oxygen atoms in total. The van der Waals surface area contributed by atoms with Gasteiger partial charge < -0.3 is 26.2 Å². The minimum atomic E-state index is -3.64. The van der Waals surface area contributed by atoms with Gasteiger partial charge in [0.1, 0.15) is 12.1 Å². The Hall–Kier alpha value is -2.74. The first kappa shape index (κ1) is 39.1. The molecule has 5 amide bonds. The van der Waals surface area contributed by atoms with Crippen LogP contribution in [0.2, 0.25) is 0 Å². The van der Waals surface area contributed by atoms with E-state index in [0.29, 0.717) is 45.1 Å². The quantitative estimate of drug-likeness (QED) is 0.144. The Morgan fingerprint density at radius 1 is 0.959 bits per heavy atom. The maximum absolute atomic E-state index is 14.7. The van der Waals surface area contributed by atoms with Crippen molar-refractivity contribution >= 4 is 39.6 Å². The lowest BCUT2D eigenvalue weighted by molar-refractivity contribution is -0.145. The summed E-state index contributed by atoms with van der Waals surface area (Å²) in [5, 5.41) is 11.5. The van der Waals surface area contributed by atoms with Crippen LogP contribution in [0.1, 0.15) is 119 Å². The van der Waals surface area contributed by atoms with Crippen LogP contribution < -0.4 is 26.0 Å². The molecule has 1 saturated heterocycles. The molecule has 49 heavy (non-hydrogen) atoms. The summed E-state index contributed by atoms with van der Waals surface area (Å²) in [7, 11) is -2.28. The first-order chi connectivity index (χ1) is 23.0. The molecule has 1 aliphatic heterocycles. The van der Waals surface area contributed by atoms with E-state index in [-0.39, 0.29) is 35.0 Å². The third-order valence-corrected chi connectivity index (χ3v) is 13.7. The Labute approximate surface area is 292 Å². The van der Waals surface area contributed by atoms with Crippen molar-refractivity contribution in [3.8, 4) is 0 Å². The first-order valence-electron chi connectivity index (χ1n) is 18.4. The van der Waals surface area contributed by atoms with E-state index in [1.807, 2.05) is 27.7 Å². The fourth-order valence-corrected chi connectivity index (χ4v) is 9.36. The van der Waals surface area contributed by atoms with E-state index >= 15 is 0 Å². The number of hydrogen-bond donors (Lipinski definition) is 5. The zero-order valence-corrected chi connectivity index (χ0v) is 31.4. The molecule has 1 heterocycles. The van der Waals surface area contributed by atoms with Crippen molar-refractivity contribution in [2.75, 3.05) is 19.3 Å². The number of hydrogen-bond acceptors (Lipinski definition) is 7. The van der Waals surface area contributed by atoms with E-state index in [0.717, 1.165) is 38.5 Å². The van der Waals surface area contributed by atoms with Crippen LogP contribution in [-0.2, 0) is 29.2 Å². The summed E-state index contributed by atoms with van der Waals surface area (Å²) in [6, 6.07) is -3.48. The number of urea groups is 1. The average Bonchev–Trinajstić information content (AvgIpc) is 3.91. The zero-order chi connectivity index (χ0) is 36.4. The predicted octanol–water partition coefficient (Wildman–Crippen LogP) is 2.74. The standard InChI is InChI=1S/C35H60N6O7S/c1-8-11-15-24(27(42)30(44)37-22-16-17-22)38-29(43)26-25-23(33(25,4)5)20-41(26)31(45)28(34(6,9-2)10-3)39-32(46)40-35(18-13-12-14-19-35)21-49(47,48)36-7/h22-26,28,36H,8-21H2,1-7H3,(H,37,44)(H,38,43)(H2,39,40,46)/t23-,24-,25-,26-,28+/m0/s1. The largest absolute Gasteiger partial charge is 0.347 e. The lowest BCUT2D eigenvalue weighted by atomic mass is 9.76. The molecule has 3 saturated carbocycles. The first-order valence-corrected chi connectivity index (χ1v) is 20.1. The number of unbranched alkanes of at least 4 members (excludes halogenated alkanes) is 1. The number of sulfonamides is 1. The highest BCUT2D eigenvalue weighted by Gasteiger charge is 2.70. The number of amides is 5. The number of rotatable bonds is 17. The highest BCUT2D eigenvalue weighted by atomic mass is 32.2. The van der Waals surface area contributed by atoms with Crippen molar-refractivity contribution < 1.29 is 32.4 Å². The molecule has 0 aromatic carbocycles. The van der Waals surface area contributed by atoms with Crippen LogP contribution in [0.5, 0.6) is 0 Å². The summed E-state index contributed by atoms with van der Waals surface area (Å²) in [5.41, 5.74) is -1.84. The van der Waals surface area contributed by atoms with Crippen LogP contribution in [0.25, 0.3) is 0 Å². The molecule has 0 radical (unpaired) electrons. The van der Waals surface area contributed by atoms with Gasteiger partial charge in [-0.05, 0) is 74.7 Å². The van der Waals surface area contributed by atoms with Gasteiger partial charge in [0.15, 0.2) is 0 Å². The maximum atomic E-state index is 14.7. The van der Waals surface area contributed by atoms with Gasteiger partial charge in [-0.25, -0.2) is 17.9 Å². The summed E-state index contributed by atoms with van der Waals surface area (Å²) >= 11 is 0. The lowest BCUT2D eigenvalue weighted by Crippen LogP contribution is -2.64. The molecular weight excluding hydrogens is 648 g/mol. The summed E-state index contributed by atoms with van der Waals surface area (Å²) in [6.45, 7) is 12.3. The second-order valence-corrected chi connectivity index (χ2v) is 17.8. The second kappa shape index (κ2) is 15.2. The number of Topliss-reactive ketones (excluding diaryl/α,β-unsaturated/α-hetero) is 1. The Bertz CT molecular complexity index is 1370. The topological polar surface area (TPSA) is 183 Å². The van der Waals surface area contributed by atoms with E-state index in [1.54, 1.807) is 4.90 Å². The Morgan fingerprint density at radius 2 is 1.59 bits per heavy atom. The Morgan fingerprint density at radius 3 is 2.14 bits per heavy atom. The Kier molecular flexibility index (Phi) is 12.2. The van der Waals surface area contributed by atoms with Gasteiger partial charge in [-0.1, -0.05) is 73.6 Å². The highest BCUT2D eigenvalue weighted by Crippen LogP contribution is 2.65. The molecule has 5 atom stereocenters. The van der Waals surface area contributed by atoms with Crippen LogP contribution in [-0.4, -0.2) is 91.9 Å². The lowest BCUT2D eigenvalue weighted by Gasteiger charge is -2.42.